The fraction of sp³-hybridized carbons (Fsp3) is 0.133. The van der Waals surface area contributed by atoms with Crippen molar-refractivity contribution in [3.05, 3.63) is 120 Å². The summed E-state index contributed by atoms with van der Waals surface area (Å²) in [6.45, 7) is 4.56. The van der Waals surface area contributed by atoms with Gasteiger partial charge in [0, 0.05) is 29.8 Å². The minimum atomic E-state index is -1.26. The molecule has 1 atom stereocenters. The number of fused-ring (bicyclic) bond motifs is 2. The highest BCUT2D eigenvalue weighted by Gasteiger charge is 2.71. The third-order valence-corrected chi connectivity index (χ3v) is 7.06. The van der Waals surface area contributed by atoms with Gasteiger partial charge in [0.05, 0.1) is 16.5 Å². The second kappa shape index (κ2) is 6.67. The van der Waals surface area contributed by atoms with Crippen molar-refractivity contribution in [3.63, 3.8) is 0 Å². The number of nitrogens with zero attached hydrogens (tertiary/aromatic N) is 2. The predicted molar refractivity (Wildman–Crippen MR) is 132 cm³/mol. The molecule has 0 radical (unpaired) electrons. The highest BCUT2D eigenvalue weighted by Crippen LogP contribution is 2.50. The molecule has 34 heavy (non-hydrogen) atoms. The fourth-order valence-electron chi connectivity index (χ4n) is 5.53. The number of benzene rings is 4. The van der Waals surface area contributed by atoms with Crippen LogP contribution in [0.2, 0.25) is 0 Å². The van der Waals surface area contributed by atoms with Crippen LogP contribution in [0.25, 0.3) is 0 Å². The van der Waals surface area contributed by atoms with Crippen molar-refractivity contribution >= 4 is 23.3 Å². The summed E-state index contributed by atoms with van der Waals surface area (Å²) in [5, 5.41) is 0. The zero-order chi connectivity index (χ0) is 22.9. The Bertz CT molecular complexity index is 1520. The van der Waals surface area contributed by atoms with Crippen LogP contribution in [0.4, 0.5) is 11.4 Å². The molecule has 4 aromatic rings. The van der Waals surface area contributed by atoms with E-state index in [1.54, 1.807) is 0 Å². The van der Waals surface area contributed by atoms with Crippen LogP contribution in [0.5, 0.6) is 11.5 Å². The number of hydrogen-bond donors (Lipinski definition) is 0. The largest absolute Gasteiger partial charge is 0.715 e. The third-order valence-electron chi connectivity index (χ3n) is 7.06. The molecule has 4 aromatic carbocycles. The van der Waals surface area contributed by atoms with Crippen molar-refractivity contribution in [1.82, 2.24) is 0 Å². The maximum atomic E-state index is 7.04. The van der Waals surface area contributed by atoms with Crippen LogP contribution in [0, 0.1) is 0 Å². The van der Waals surface area contributed by atoms with Gasteiger partial charge in [-0.25, -0.2) is 0 Å². The van der Waals surface area contributed by atoms with E-state index in [1.807, 2.05) is 36.4 Å². The molecule has 3 heterocycles. The lowest BCUT2D eigenvalue weighted by Crippen LogP contribution is -2.63. The van der Waals surface area contributed by atoms with E-state index in [2.05, 4.69) is 95.9 Å². The highest BCUT2D eigenvalue weighted by molar-refractivity contribution is 6.08. The van der Waals surface area contributed by atoms with Crippen molar-refractivity contribution in [3.8, 4) is 11.5 Å². The average Bonchev–Trinajstić information content (AvgIpc) is 2.93. The van der Waals surface area contributed by atoms with Gasteiger partial charge in [-0.05, 0) is 36.6 Å². The second-order valence-electron chi connectivity index (χ2n) is 9.45. The zero-order valence-electron chi connectivity index (χ0n) is 19.1. The number of hydrogen-bond acceptors (Lipinski definition) is 2. The molecule has 0 saturated heterocycles. The van der Waals surface area contributed by atoms with Crippen molar-refractivity contribution in [2.24, 2.45) is 0 Å². The third kappa shape index (κ3) is 2.43. The van der Waals surface area contributed by atoms with Gasteiger partial charge in [-0.1, -0.05) is 65.2 Å². The summed E-state index contributed by atoms with van der Waals surface area (Å²) < 4.78 is 18.3. The van der Waals surface area contributed by atoms with Crippen molar-refractivity contribution < 1.29 is 18.6 Å². The van der Waals surface area contributed by atoms with Crippen LogP contribution < -0.4 is 9.47 Å². The maximum absolute atomic E-state index is 7.04. The lowest BCUT2D eigenvalue weighted by atomic mass is 9.75. The average molecular weight is 445 g/mol. The van der Waals surface area contributed by atoms with E-state index in [4.69, 9.17) is 9.47 Å². The van der Waals surface area contributed by atoms with Gasteiger partial charge >= 0.3 is 6.03 Å². The molecular weight excluding hydrogens is 420 g/mol. The van der Waals surface area contributed by atoms with E-state index in [0.717, 1.165) is 45.3 Å². The summed E-state index contributed by atoms with van der Waals surface area (Å²) >= 11 is 0. The molecule has 0 aromatic heterocycles. The molecule has 0 fully saturated rings. The van der Waals surface area contributed by atoms with E-state index in [1.165, 1.54) is 0 Å². The Kier molecular flexibility index (Phi) is 3.79. The van der Waals surface area contributed by atoms with Gasteiger partial charge < -0.3 is 9.47 Å². The Balaban J connectivity index is 1.70. The molecule has 0 saturated carbocycles. The number of para-hydroxylation sites is 4. The van der Waals surface area contributed by atoms with Crippen LogP contribution in [-0.4, -0.2) is 27.1 Å². The summed E-state index contributed by atoms with van der Waals surface area (Å²) in [5.74, 6) is 1.67. The molecule has 0 amide bonds. The van der Waals surface area contributed by atoms with Crippen molar-refractivity contribution in [2.45, 2.75) is 25.3 Å². The monoisotopic (exact) mass is 444 g/mol. The predicted octanol–water partition coefficient (Wildman–Crippen LogP) is 5.97. The van der Waals surface area contributed by atoms with Gasteiger partial charge in [-0.3, -0.25) is 0 Å². The Labute approximate surface area is 198 Å². The molecule has 164 valence electrons. The second-order valence-corrected chi connectivity index (χ2v) is 9.45. The van der Waals surface area contributed by atoms with Gasteiger partial charge in [0.15, 0.2) is 17.7 Å². The molecule has 1 spiro atoms. The lowest BCUT2D eigenvalue weighted by molar-refractivity contribution is -0.857. The first-order valence-electron chi connectivity index (χ1n) is 11.6. The summed E-state index contributed by atoms with van der Waals surface area (Å²) in [6.07, 6.45) is 2.15. The minimum absolute atomic E-state index is 0.358. The van der Waals surface area contributed by atoms with E-state index in [-0.39, 0.29) is 5.41 Å². The molecule has 0 N–H and O–H groups in total. The van der Waals surface area contributed by atoms with E-state index < -0.39 is 6.03 Å². The van der Waals surface area contributed by atoms with Gasteiger partial charge in [0.25, 0.3) is 0 Å². The summed E-state index contributed by atoms with van der Waals surface area (Å²) in [6, 6.07) is 34.1. The first-order valence-corrected chi connectivity index (χ1v) is 11.6. The number of rotatable bonds is 2. The molecular formula is C30H24N2O2+2. The smallest absolute Gasteiger partial charge is 0.340 e. The zero-order valence-corrected chi connectivity index (χ0v) is 19.1. The quantitative estimate of drug-likeness (QED) is 0.356. The van der Waals surface area contributed by atoms with Crippen LogP contribution in [0.1, 0.15) is 30.5 Å². The Morgan fingerprint density at radius 2 is 1.32 bits per heavy atom. The summed E-state index contributed by atoms with van der Waals surface area (Å²) in [5.41, 5.74) is 6.03. The van der Waals surface area contributed by atoms with E-state index in [9.17, 15) is 0 Å². The van der Waals surface area contributed by atoms with Crippen LogP contribution in [0.3, 0.4) is 0 Å². The molecule has 7 rings (SSSR count). The minimum Gasteiger partial charge on any atom is -0.340 e. The first-order chi connectivity index (χ1) is 16.6. The van der Waals surface area contributed by atoms with E-state index in [0.29, 0.717) is 0 Å². The topological polar surface area (TPSA) is 24.5 Å². The molecule has 3 aliphatic heterocycles. The first kappa shape index (κ1) is 19.3. The molecule has 3 bridgehead atoms. The van der Waals surface area contributed by atoms with Gasteiger partial charge in [0.2, 0.25) is 17.1 Å². The van der Waals surface area contributed by atoms with Crippen LogP contribution >= 0.6 is 0 Å². The molecule has 1 unspecified atom stereocenters. The van der Waals surface area contributed by atoms with Crippen molar-refractivity contribution in [2.75, 3.05) is 0 Å². The van der Waals surface area contributed by atoms with Gasteiger partial charge in [-0.15, -0.1) is 0 Å². The fourth-order valence-corrected chi connectivity index (χ4v) is 5.53. The Hall–Kier alpha value is -4.18. The maximum Gasteiger partial charge on any atom is 0.715 e. The van der Waals surface area contributed by atoms with Crippen LogP contribution in [-0.2, 0) is 5.41 Å². The highest BCUT2D eigenvalue weighted by atomic mass is 16.7. The summed E-state index contributed by atoms with van der Waals surface area (Å²) in [7, 11) is 0. The Morgan fingerprint density at radius 1 is 0.647 bits per heavy atom. The molecule has 0 aliphatic carbocycles. The lowest BCUT2D eigenvalue weighted by Gasteiger charge is -2.32. The molecule has 4 nitrogen and oxygen atoms in total. The molecule has 3 aliphatic rings. The van der Waals surface area contributed by atoms with Crippen molar-refractivity contribution in [1.29, 1.82) is 0 Å². The standard InChI is InChI=1S/C30H24N2O2/c1-29(2)25-18-11-12-21-20-31(22-13-5-3-6-14-22)30(34-27(21)25)32(23-15-7-4-8-16-23)28(29)24-17-9-10-19-26(24)33-30/h3-20H,1-2H3/q+2. The van der Waals surface area contributed by atoms with Gasteiger partial charge in [-0.2, -0.15) is 0 Å². The normalized spacial score (nSPS) is 20.9. The Morgan fingerprint density at radius 3 is 2.09 bits per heavy atom. The number of ether oxygens (including phenoxy) is 2. The van der Waals surface area contributed by atoms with E-state index >= 15 is 0 Å². The van der Waals surface area contributed by atoms with Gasteiger partial charge in [0.1, 0.15) is 0 Å². The molecule has 4 heteroatoms. The van der Waals surface area contributed by atoms with Crippen LogP contribution in [0.15, 0.2) is 103 Å². The SMILES string of the molecule is CC1(C)C2=[N+](c3ccccc3)C3(Oc4ccccc42)Oc2c(cccc21)C=[N+]3c1ccccc1. The summed E-state index contributed by atoms with van der Waals surface area (Å²) in [4.78, 5) is 0.